The number of methoxy groups -OCH3 is 1. The maximum atomic E-state index is 11.9. The molecule has 104 valence electrons. The second kappa shape index (κ2) is 7.73. The molecule has 0 fully saturated rings. The Morgan fingerprint density at radius 1 is 1.47 bits per heavy atom. The van der Waals surface area contributed by atoms with Crippen LogP contribution in [-0.4, -0.2) is 29.8 Å². The van der Waals surface area contributed by atoms with Crippen molar-refractivity contribution < 1.29 is 14.5 Å². The van der Waals surface area contributed by atoms with E-state index in [-0.39, 0.29) is 22.9 Å². The predicted molar refractivity (Wildman–Crippen MR) is 75.0 cm³/mol. The fourth-order valence-corrected chi connectivity index (χ4v) is 1.98. The highest BCUT2D eigenvalue weighted by molar-refractivity contribution is 9.09. The number of nitro groups is 1. The van der Waals surface area contributed by atoms with Crippen LogP contribution in [0.15, 0.2) is 18.2 Å². The summed E-state index contributed by atoms with van der Waals surface area (Å²) in [5.41, 5.74) is -0.0360. The Morgan fingerprint density at radius 3 is 2.79 bits per heavy atom. The third kappa shape index (κ3) is 4.20. The van der Waals surface area contributed by atoms with Crippen molar-refractivity contribution in [2.45, 2.75) is 12.8 Å². The number of amides is 1. The number of halogens is 1. The van der Waals surface area contributed by atoms with E-state index in [2.05, 4.69) is 21.2 Å². The van der Waals surface area contributed by atoms with Crippen molar-refractivity contribution in [3.63, 3.8) is 0 Å². The first kappa shape index (κ1) is 15.4. The second-order valence-corrected chi connectivity index (χ2v) is 4.56. The summed E-state index contributed by atoms with van der Waals surface area (Å²) in [6.45, 7) is 0.524. The maximum absolute atomic E-state index is 11.9. The van der Waals surface area contributed by atoms with Gasteiger partial charge in [-0.25, -0.2) is 0 Å². The molecule has 0 radical (unpaired) electrons. The minimum atomic E-state index is -0.569. The molecule has 0 spiro atoms. The quantitative estimate of drug-likeness (QED) is 0.360. The number of para-hydroxylation sites is 1. The summed E-state index contributed by atoms with van der Waals surface area (Å²) >= 11 is 3.30. The summed E-state index contributed by atoms with van der Waals surface area (Å²) < 4.78 is 4.98. The van der Waals surface area contributed by atoms with Gasteiger partial charge < -0.3 is 10.1 Å². The van der Waals surface area contributed by atoms with Crippen LogP contribution in [0.5, 0.6) is 5.75 Å². The highest BCUT2D eigenvalue weighted by Gasteiger charge is 2.21. The van der Waals surface area contributed by atoms with Crippen LogP contribution in [0.4, 0.5) is 5.69 Å². The zero-order valence-electron chi connectivity index (χ0n) is 10.5. The molecule has 0 aliphatic rings. The fourth-order valence-electron chi connectivity index (χ4n) is 1.58. The van der Waals surface area contributed by atoms with Crippen LogP contribution >= 0.6 is 15.9 Å². The van der Waals surface area contributed by atoms with E-state index in [4.69, 9.17) is 4.74 Å². The van der Waals surface area contributed by atoms with Gasteiger partial charge in [-0.3, -0.25) is 14.9 Å². The van der Waals surface area contributed by atoms with Gasteiger partial charge >= 0.3 is 5.69 Å². The van der Waals surface area contributed by atoms with Gasteiger partial charge in [-0.1, -0.05) is 22.0 Å². The van der Waals surface area contributed by atoms with Gasteiger partial charge in [-0.15, -0.1) is 0 Å². The summed E-state index contributed by atoms with van der Waals surface area (Å²) in [6, 6.07) is 4.28. The first-order valence-electron chi connectivity index (χ1n) is 5.77. The standard InChI is InChI=1S/C12H15BrN2O4/c1-19-11-9(5-4-6-10(11)15(17)18)12(16)14-8-3-2-7-13/h4-6H,2-3,7-8H2,1H3,(H,14,16). The lowest BCUT2D eigenvalue weighted by atomic mass is 10.1. The molecule has 19 heavy (non-hydrogen) atoms. The molecule has 1 amide bonds. The van der Waals surface area contributed by atoms with Crippen molar-refractivity contribution in [3.8, 4) is 5.75 Å². The molecule has 0 bridgehead atoms. The number of benzene rings is 1. The number of carbonyl (C=O) groups excluding carboxylic acids is 1. The monoisotopic (exact) mass is 330 g/mol. The summed E-state index contributed by atoms with van der Waals surface area (Å²) in [6.07, 6.45) is 1.79. The minimum Gasteiger partial charge on any atom is -0.490 e. The van der Waals surface area contributed by atoms with E-state index >= 15 is 0 Å². The number of carbonyl (C=O) groups is 1. The SMILES string of the molecule is COc1c(C(=O)NCCCCBr)cccc1[N+](=O)[O-]. The van der Waals surface area contributed by atoms with Gasteiger partial charge in [-0.05, 0) is 18.9 Å². The number of rotatable bonds is 7. The van der Waals surface area contributed by atoms with Crippen molar-refractivity contribution in [2.24, 2.45) is 0 Å². The summed E-state index contributed by atoms with van der Waals surface area (Å²) in [5.74, 6) is -0.374. The Morgan fingerprint density at radius 2 is 2.21 bits per heavy atom. The van der Waals surface area contributed by atoms with Crippen LogP contribution < -0.4 is 10.1 Å². The highest BCUT2D eigenvalue weighted by Crippen LogP contribution is 2.30. The van der Waals surface area contributed by atoms with Crippen molar-refractivity contribution in [2.75, 3.05) is 19.0 Å². The fraction of sp³-hybridized carbons (Fsp3) is 0.417. The van der Waals surface area contributed by atoms with Crippen molar-refractivity contribution in [1.82, 2.24) is 5.32 Å². The molecule has 0 aromatic heterocycles. The van der Waals surface area contributed by atoms with Crippen LogP contribution in [0.2, 0.25) is 0 Å². The average molecular weight is 331 g/mol. The van der Waals surface area contributed by atoms with E-state index in [1.165, 1.54) is 25.3 Å². The van der Waals surface area contributed by atoms with Gasteiger partial charge in [0.05, 0.1) is 17.6 Å². The third-order valence-electron chi connectivity index (χ3n) is 2.49. The van der Waals surface area contributed by atoms with Gasteiger partial charge in [0.2, 0.25) is 5.75 Å². The smallest absolute Gasteiger partial charge is 0.311 e. The molecule has 1 aromatic rings. The summed E-state index contributed by atoms with van der Waals surface area (Å²) in [7, 11) is 1.31. The Hall–Kier alpha value is -1.63. The topological polar surface area (TPSA) is 81.5 Å². The number of nitrogens with one attached hydrogen (secondary N) is 1. The second-order valence-electron chi connectivity index (χ2n) is 3.77. The van der Waals surface area contributed by atoms with Gasteiger partial charge in [0.25, 0.3) is 5.91 Å². The van der Waals surface area contributed by atoms with E-state index in [0.717, 1.165) is 18.2 Å². The van der Waals surface area contributed by atoms with Gasteiger partial charge in [0.15, 0.2) is 0 Å². The van der Waals surface area contributed by atoms with E-state index in [9.17, 15) is 14.9 Å². The Balaban J connectivity index is 2.84. The summed E-state index contributed by atoms with van der Waals surface area (Å²) in [5, 5.41) is 14.4. The highest BCUT2D eigenvalue weighted by atomic mass is 79.9. The Labute approximate surface area is 119 Å². The van der Waals surface area contributed by atoms with Crippen LogP contribution in [0.25, 0.3) is 0 Å². The molecular weight excluding hydrogens is 316 g/mol. The minimum absolute atomic E-state index is 0.00880. The van der Waals surface area contributed by atoms with E-state index in [0.29, 0.717) is 6.54 Å². The molecule has 0 atom stereocenters. The first-order chi connectivity index (χ1) is 9.11. The van der Waals surface area contributed by atoms with E-state index < -0.39 is 4.92 Å². The van der Waals surface area contributed by atoms with E-state index in [1.807, 2.05) is 0 Å². The van der Waals surface area contributed by atoms with Crippen molar-refractivity contribution in [3.05, 3.63) is 33.9 Å². The molecule has 0 saturated heterocycles. The number of hydrogen-bond donors (Lipinski definition) is 1. The average Bonchev–Trinajstić information content (AvgIpc) is 2.42. The molecule has 6 nitrogen and oxygen atoms in total. The van der Waals surface area contributed by atoms with Crippen molar-refractivity contribution in [1.29, 1.82) is 0 Å². The lowest BCUT2D eigenvalue weighted by Gasteiger charge is -2.09. The largest absolute Gasteiger partial charge is 0.490 e. The first-order valence-corrected chi connectivity index (χ1v) is 6.89. The molecule has 0 heterocycles. The molecule has 0 unspecified atom stereocenters. The molecule has 1 rings (SSSR count). The molecule has 0 aliphatic carbocycles. The van der Waals surface area contributed by atoms with Crippen molar-refractivity contribution >= 4 is 27.5 Å². The van der Waals surface area contributed by atoms with Crippen LogP contribution in [-0.2, 0) is 0 Å². The zero-order chi connectivity index (χ0) is 14.3. The van der Waals surface area contributed by atoms with E-state index in [1.54, 1.807) is 0 Å². The Bertz CT molecular complexity index is 465. The molecule has 1 N–H and O–H groups in total. The number of nitrogens with zero attached hydrogens (tertiary/aromatic N) is 1. The van der Waals surface area contributed by atoms with Gasteiger partial charge in [0.1, 0.15) is 0 Å². The molecular formula is C12H15BrN2O4. The number of unbranched alkanes of at least 4 members (excludes halogenated alkanes) is 1. The molecule has 0 saturated carbocycles. The number of alkyl halides is 1. The maximum Gasteiger partial charge on any atom is 0.311 e. The number of nitro benzene ring substituents is 1. The molecule has 1 aromatic carbocycles. The number of hydrogen-bond acceptors (Lipinski definition) is 4. The van der Waals surface area contributed by atoms with Gasteiger partial charge in [0, 0.05) is 17.9 Å². The summed E-state index contributed by atoms with van der Waals surface area (Å²) in [4.78, 5) is 22.2. The lowest BCUT2D eigenvalue weighted by Crippen LogP contribution is -2.25. The van der Waals surface area contributed by atoms with Gasteiger partial charge in [-0.2, -0.15) is 0 Å². The van der Waals surface area contributed by atoms with Crippen LogP contribution in [0.1, 0.15) is 23.2 Å². The predicted octanol–water partition coefficient (Wildman–Crippen LogP) is 2.51. The molecule has 7 heteroatoms. The number of ether oxygens (including phenoxy) is 1. The third-order valence-corrected chi connectivity index (χ3v) is 3.05. The zero-order valence-corrected chi connectivity index (χ0v) is 12.1. The Kier molecular flexibility index (Phi) is 6.27. The normalized spacial score (nSPS) is 10.0. The molecule has 0 aliphatic heterocycles. The lowest BCUT2D eigenvalue weighted by molar-refractivity contribution is -0.385. The van der Waals surface area contributed by atoms with Crippen LogP contribution in [0, 0.1) is 10.1 Å². The van der Waals surface area contributed by atoms with Crippen LogP contribution in [0.3, 0.4) is 0 Å².